The first-order valence-electron chi connectivity index (χ1n) is 1.73. The zero-order valence-corrected chi connectivity index (χ0v) is 4.03. The van der Waals surface area contributed by atoms with Gasteiger partial charge in [-0.05, 0) is 18.0 Å². The van der Waals surface area contributed by atoms with Gasteiger partial charge in [-0.15, -0.1) is 0 Å². The van der Waals surface area contributed by atoms with E-state index in [1.165, 1.54) is 11.9 Å². The molecule has 0 aromatic rings. The van der Waals surface area contributed by atoms with Gasteiger partial charge in [-0.25, -0.2) is 4.40 Å². The molecule has 0 N–H and O–H groups in total. The molecule has 0 saturated heterocycles. The van der Waals surface area contributed by atoms with Crippen molar-refractivity contribution < 1.29 is 0 Å². The molecule has 1 nitrogen and oxygen atoms in total. The van der Waals surface area contributed by atoms with Crippen LogP contribution in [0.5, 0.6) is 0 Å². The summed E-state index contributed by atoms with van der Waals surface area (Å²) in [6, 6.07) is 0. The Bertz CT molecular complexity index is 73.5. The summed E-state index contributed by atoms with van der Waals surface area (Å²) in [5, 5.41) is 0. The van der Waals surface area contributed by atoms with E-state index < -0.39 is 0 Å². The van der Waals surface area contributed by atoms with Crippen molar-refractivity contribution in [1.29, 1.82) is 0 Å². The zero-order valence-electron chi connectivity index (χ0n) is 3.22. The topological polar surface area (TPSA) is 12.4 Å². The first-order valence-corrected chi connectivity index (χ1v) is 2.67. The lowest BCUT2D eigenvalue weighted by Gasteiger charge is -1.86. The van der Waals surface area contributed by atoms with Gasteiger partial charge in [0.1, 0.15) is 0 Å². The van der Waals surface area contributed by atoms with Crippen LogP contribution in [0.4, 0.5) is 0 Å². The van der Waals surface area contributed by atoms with Crippen molar-refractivity contribution >= 4 is 18.2 Å². The third-order valence-corrected chi connectivity index (χ3v) is 1.06. The SMILES string of the molecule is [C]1=NSCC=C1. The van der Waals surface area contributed by atoms with Crippen LogP contribution in [0.2, 0.25) is 0 Å². The average molecular weight is 98.1 g/mol. The van der Waals surface area contributed by atoms with Crippen molar-refractivity contribution in [1.82, 2.24) is 0 Å². The fraction of sp³-hybridized carbons (Fsp3) is 0.250. The summed E-state index contributed by atoms with van der Waals surface area (Å²) < 4.78 is 3.76. The third kappa shape index (κ3) is 0.863. The van der Waals surface area contributed by atoms with Crippen LogP contribution in [0.3, 0.4) is 0 Å². The summed E-state index contributed by atoms with van der Waals surface area (Å²) in [5.41, 5.74) is 0. The normalized spacial score (nSPS) is 18.7. The van der Waals surface area contributed by atoms with Gasteiger partial charge in [-0.1, -0.05) is 6.08 Å². The second-order valence-electron chi connectivity index (χ2n) is 0.919. The lowest BCUT2D eigenvalue weighted by atomic mass is 10.6. The molecule has 1 rings (SSSR count). The van der Waals surface area contributed by atoms with Gasteiger partial charge in [-0.2, -0.15) is 0 Å². The van der Waals surface area contributed by atoms with E-state index in [0.29, 0.717) is 0 Å². The van der Waals surface area contributed by atoms with Crippen molar-refractivity contribution in [3.8, 4) is 0 Å². The standard InChI is InChI=1S/C4H4NS/c1-2-4-6-5-3-1/h1-2H,4H2. The highest BCUT2D eigenvalue weighted by Crippen LogP contribution is 2.03. The van der Waals surface area contributed by atoms with Crippen LogP contribution < -0.4 is 0 Å². The van der Waals surface area contributed by atoms with Gasteiger partial charge in [0.15, 0.2) is 0 Å². The Morgan fingerprint density at radius 1 is 1.83 bits per heavy atom. The maximum Gasteiger partial charge on any atom is 0.0973 e. The first-order chi connectivity index (χ1) is 3.00. The second-order valence-corrected chi connectivity index (χ2v) is 1.69. The van der Waals surface area contributed by atoms with Gasteiger partial charge >= 0.3 is 0 Å². The summed E-state index contributed by atoms with van der Waals surface area (Å²) >= 11 is 1.52. The van der Waals surface area contributed by atoms with E-state index in [1.54, 1.807) is 0 Å². The van der Waals surface area contributed by atoms with E-state index in [2.05, 4.69) is 10.6 Å². The molecule has 0 aromatic carbocycles. The van der Waals surface area contributed by atoms with Gasteiger partial charge in [-0.3, -0.25) is 0 Å². The lowest BCUT2D eigenvalue weighted by molar-refractivity contribution is 1.73. The molecule has 1 aliphatic heterocycles. The molecule has 0 bridgehead atoms. The second kappa shape index (κ2) is 2.03. The van der Waals surface area contributed by atoms with Gasteiger partial charge in [0.25, 0.3) is 0 Å². The van der Waals surface area contributed by atoms with Crippen LogP contribution in [0.15, 0.2) is 16.5 Å². The monoisotopic (exact) mass is 98.0 g/mol. The summed E-state index contributed by atoms with van der Waals surface area (Å²) in [4.78, 5) is 0. The minimum Gasteiger partial charge on any atom is -0.214 e. The van der Waals surface area contributed by atoms with Crippen molar-refractivity contribution in [2.75, 3.05) is 5.75 Å². The number of nitrogens with zero attached hydrogens (tertiary/aromatic N) is 1. The molecule has 0 fully saturated rings. The number of allylic oxidation sites excluding steroid dienone is 1. The van der Waals surface area contributed by atoms with E-state index in [4.69, 9.17) is 0 Å². The minimum atomic E-state index is 1.01. The molecule has 0 spiro atoms. The Balaban J connectivity index is 2.46. The molecular formula is C4H4NS. The molecule has 0 atom stereocenters. The van der Waals surface area contributed by atoms with Crippen LogP contribution in [0.1, 0.15) is 0 Å². The van der Waals surface area contributed by atoms with E-state index in [9.17, 15) is 0 Å². The zero-order chi connectivity index (χ0) is 4.24. The maximum atomic E-state index is 3.76. The highest BCUT2D eigenvalue weighted by atomic mass is 32.2. The van der Waals surface area contributed by atoms with E-state index in [1.807, 2.05) is 12.2 Å². The number of hydrogen-bond acceptors (Lipinski definition) is 2. The van der Waals surface area contributed by atoms with Crippen LogP contribution in [0.25, 0.3) is 0 Å². The summed E-state index contributed by atoms with van der Waals surface area (Å²) in [6.45, 7) is 0. The molecule has 1 aliphatic rings. The van der Waals surface area contributed by atoms with Crippen LogP contribution in [-0.2, 0) is 0 Å². The smallest absolute Gasteiger partial charge is 0.0973 e. The minimum absolute atomic E-state index is 1.01. The molecule has 0 amide bonds. The van der Waals surface area contributed by atoms with E-state index in [-0.39, 0.29) is 0 Å². The Morgan fingerprint density at radius 3 is 3.00 bits per heavy atom. The van der Waals surface area contributed by atoms with Crippen LogP contribution in [0, 0.1) is 0 Å². The molecule has 0 saturated carbocycles. The summed E-state index contributed by atoms with van der Waals surface area (Å²) in [7, 11) is 0. The maximum absolute atomic E-state index is 3.76. The molecule has 31 valence electrons. The third-order valence-electron chi connectivity index (χ3n) is 0.480. The van der Waals surface area contributed by atoms with Gasteiger partial charge in [0.05, 0.1) is 6.21 Å². The Hall–Kier alpha value is -0.240. The van der Waals surface area contributed by atoms with E-state index in [0.717, 1.165) is 5.75 Å². The quantitative estimate of drug-likeness (QED) is 0.414. The van der Waals surface area contributed by atoms with Gasteiger partial charge < -0.3 is 0 Å². The van der Waals surface area contributed by atoms with Gasteiger partial charge in [0.2, 0.25) is 0 Å². The average Bonchev–Trinajstić information content (AvgIpc) is 1.72. The van der Waals surface area contributed by atoms with Crippen LogP contribution in [-0.4, -0.2) is 12.0 Å². The summed E-state index contributed by atoms with van der Waals surface area (Å²) in [6.07, 6.45) is 6.55. The predicted octanol–water partition coefficient (Wildman–Crippen LogP) is 1.15. The molecule has 0 unspecified atom stereocenters. The first kappa shape index (κ1) is 3.93. The largest absolute Gasteiger partial charge is 0.214 e. The van der Waals surface area contributed by atoms with Crippen molar-refractivity contribution in [3.63, 3.8) is 0 Å². The van der Waals surface area contributed by atoms with Crippen molar-refractivity contribution in [2.24, 2.45) is 4.40 Å². The van der Waals surface area contributed by atoms with Crippen molar-refractivity contribution in [3.05, 3.63) is 12.2 Å². The molecule has 0 aliphatic carbocycles. The van der Waals surface area contributed by atoms with E-state index >= 15 is 0 Å². The molecular weight excluding hydrogens is 94.1 g/mol. The highest BCUT2D eigenvalue weighted by Gasteiger charge is 1.79. The Kier molecular flexibility index (Phi) is 1.33. The number of rotatable bonds is 0. The Labute approximate surface area is 41.3 Å². The van der Waals surface area contributed by atoms with Crippen LogP contribution >= 0.6 is 11.9 Å². The fourth-order valence-corrected chi connectivity index (χ4v) is 0.641. The highest BCUT2D eigenvalue weighted by molar-refractivity contribution is 7.98. The molecule has 6 heavy (non-hydrogen) atoms. The van der Waals surface area contributed by atoms with Gasteiger partial charge in [0, 0.05) is 5.75 Å². The lowest BCUT2D eigenvalue weighted by Crippen LogP contribution is -1.73. The molecule has 1 radical (unpaired) electrons. The predicted molar refractivity (Wildman–Crippen MR) is 29.0 cm³/mol. The summed E-state index contributed by atoms with van der Waals surface area (Å²) in [5.74, 6) is 1.01. The fourth-order valence-electron chi connectivity index (χ4n) is 0.249. The molecule has 0 aromatic heterocycles. The number of hydrogen-bond donors (Lipinski definition) is 0. The Morgan fingerprint density at radius 2 is 2.83 bits per heavy atom. The van der Waals surface area contributed by atoms with Crippen molar-refractivity contribution in [2.45, 2.75) is 0 Å². The molecule has 1 heterocycles. The molecule has 2 heteroatoms.